The van der Waals surface area contributed by atoms with Crippen LogP contribution in [0.25, 0.3) is 0 Å². The third-order valence-electron chi connectivity index (χ3n) is 5.09. The summed E-state index contributed by atoms with van der Waals surface area (Å²) in [7, 11) is 3.36. The van der Waals surface area contributed by atoms with Crippen LogP contribution in [-0.4, -0.2) is 47.7 Å². The van der Waals surface area contributed by atoms with E-state index in [-0.39, 0.29) is 24.0 Å². The van der Waals surface area contributed by atoms with E-state index < -0.39 is 0 Å². The molecule has 1 aromatic heterocycles. The van der Waals surface area contributed by atoms with Crippen LogP contribution in [0.5, 0.6) is 11.5 Å². The first-order chi connectivity index (χ1) is 14.0. The Labute approximate surface area is 196 Å². The molecule has 0 saturated carbocycles. The molecular formula is C22H34IN5O2. The summed E-state index contributed by atoms with van der Waals surface area (Å²) in [6.45, 7) is 10.6. The molecule has 30 heavy (non-hydrogen) atoms. The van der Waals surface area contributed by atoms with Gasteiger partial charge in [0.15, 0.2) is 17.5 Å². The highest BCUT2D eigenvalue weighted by atomic mass is 127. The van der Waals surface area contributed by atoms with E-state index in [1.165, 1.54) is 11.1 Å². The number of imidazole rings is 1. The predicted molar refractivity (Wildman–Crippen MR) is 131 cm³/mol. The van der Waals surface area contributed by atoms with Gasteiger partial charge in [0.25, 0.3) is 0 Å². The van der Waals surface area contributed by atoms with Crippen LogP contribution in [0.15, 0.2) is 29.5 Å². The SMILES string of the molecule is CCNC(=NCc1nccn1CC(C)C)N1CCc2cc(OC)c(OC)cc2C1.I. The third kappa shape index (κ3) is 5.80. The summed E-state index contributed by atoms with van der Waals surface area (Å²) in [6.07, 6.45) is 4.84. The number of aliphatic imine (C=N–C) groups is 1. The van der Waals surface area contributed by atoms with E-state index in [1.807, 2.05) is 12.4 Å². The number of halogens is 1. The van der Waals surface area contributed by atoms with Crippen LogP contribution < -0.4 is 14.8 Å². The minimum atomic E-state index is 0. The Kier molecular flexibility index (Phi) is 9.26. The van der Waals surface area contributed by atoms with Crippen LogP contribution in [0.3, 0.4) is 0 Å². The Balaban J connectivity index is 0.00000320. The van der Waals surface area contributed by atoms with Crippen LogP contribution in [0, 0.1) is 5.92 Å². The Hall–Kier alpha value is -1.97. The highest BCUT2D eigenvalue weighted by Crippen LogP contribution is 2.33. The molecule has 0 saturated heterocycles. The molecule has 0 aliphatic carbocycles. The maximum atomic E-state index is 5.49. The maximum Gasteiger partial charge on any atom is 0.194 e. The average molecular weight is 527 g/mol. The highest BCUT2D eigenvalue weighted by Gasteiger charge is 2.21. The zero-order valence-corrected chi connectivity index (χ0v) is 21.0. The molecule has 0 amide bonds. The van der Waals surface area contributed by atoms with Crippen molar-refractivity contribution in [3.05, 3.63) is 41.5 Å². The number of nitrogens with one attached hydrogen (secondary N) is 1. The van der Waals surface area contributed by atoms with Gasteiger partial charge in [-0.1, -0.05) is 13.8 Å². The number of rotatable bonds is 7. The van der Waals surface area contributed by atoms with Gasteiger partial charge in [-0.05, 0) is 42.5 Å². The number of ether oxygens (including phenoxy) is 2. The molecule has 1 aliphatic rings. The van der Waals surface area contributed by atoms with Gasteiger partial charge in [-0.2, -0.15) is 0 Å². The molecule has 2 heterocycles. The van der Waals surface area contributed by atoms with E-state index in [0.717, 1.165) is 55.9 Å². The van der Waals surface area contributed by atoms with Gasteiger partial charge < -0.3 is 24.3 Å². The number of aromatic nitrogens is 2. The molecule has 1 N–H and O–H groups in total. The molecule has 3 rings (SSSR count). The van der Waals surface area contributed by atoms with E-state index in [0.29, 0.717) is 12.5 Å². The lowest BCUT2D eigenvalue weighted by Gasteiger charge is -2.32. The summed E-state index contributed by atoms with van der Waals surface area (Å²) in [5, 5.41) is 3.44. The molecule has 1 aliphatic heterocycles. The van der Waals surface area contributed by atoms with Crippen LogP contribution >= 0.6 is 24.0 Å². The molecule has 0 bridgehead atoms. The third-order valence-corrected chi connectivity index (χ3v) is 5.09. The van der Waals surface area contributed by atoms with Crippen LogP contribution in [0.2, 0.25) is 0 Å². The molecule has 0 atom stereocenters. The fraction of sp³-hybridized carbons (Fsp3) is 0.545. The summed E-state index contributed by atoms with van der Waals surface area (Å²) >= 11 is 0. The van der Waals surface area contributed by atoms with Gasteiger partial charge in [0.1, 0.15) is 12.4 Å². The maximum absolute atomic E-state index is 5.49. The highest BCUT2D eigenvalue weighted by molar-refractivity contribution is 14.0. The van der Waals surface area contributed by atoms with E-state index in [2.05, 4.69) is 52.7 Å². The fourth-order valence-corrected chi connectivity index (χ4v) is 3.69. The van der Waals surface area contributed by atoms with Gasteiger partial charge in [0, 0.05) is 38.6 Å². The second-order valence-electron chi connectivity index (χ2n) is 7.71. The summed E-state index contributed by atoms with van der Waals surface area (Å²) in [6, 6.07) is 4.18. The van der Waals surface area contributed by atoms with Crippen molar-refractivity contribution in [1.29, 1.82) is 0 Å². The Morgan fingerprint density at radius 1 is 1.20 bits per heavy atom. The van der Waals surface area contributed by atoms with Gasteiger partial charge in [-0.15, -0.1) is 24.0 Å². The minimum Gasteiger partial charge on any atom is -0.493 e. The minimum absolute atomic E-state index is 0. The predicted octanol–water partition coefficient (Wildman–Crippen LogP) is 3.70. The van der Waals surface area contributed by atoms with Crippen molar-refractivity contribution in [2.75, 3.05) is 27.3 Å². The number of hydrogen-bond acceptors (Lipinski definition) is 4. The van der Waals surface area contributed by atoms with Crippen molar-refractivity contribution in [2.24, 2.45) is 10.9 Å². The second-order valence-corrected chi connectivity index (χ2v) is 7.71. The second kappa shape index (κ2) is 11.4. The monoisotopic (exact) mass is 527 g/mol. The van der Waals surface area contributed by atoms with E-state index in [1.54, 1.807) is 14.2 Å². The molecule has 8 heteroatoms. The normalized spacial score (nSPS) is 13.7. The van der Waals surface area contributed by atoms with E-state index in [9.17, 15) is 0 Å². The Morgan fingerprint density at radius 3 is 2.53 bits per heavy atom. The van der Waals surface area contributed by atoms with Crippen molar-refractivity contribution < 1.29 is 9.47 Å². The van der Waals surface area contributed by atoms with Crippen LogP contribution in [-0.2, 0) is 26.1 Å². The standard InChI is InChI=1S/C22H33N5O2.HI/c1-6-23-22(25-13-21-24-8-10-26(21)14-16(2)3)27-9-7-17-11-19(28-4)20(29-5)12-18(17)15-27;/h8,10-12,16H,6-7,9,13-15H2,1-5H3,(H,23,25);1H. The van der Waals surface area contributed by atoms with Gasteiger partial charge in [-0.25, -0.2) is 9.98 Å². The average Bonchev–Trinajstić information content (AvgIpc) is 3.15. The number of guanidine groups is 1. The fourth-order valence-electron chi connectivity index (χ4n) is 3.69. The van der Waals surface area contributed by atoms with Crippen LogP contribution in [0.1, 0.15) is 37.7 Å². The van der Waals surface area contributed by atoms with E-state index >= 15 is 0 Å². The number of benzene rings is 1. The van der Waals surface area contributed by atoms with E-state index in [4.69, 9.17) is 14.5 Å². The first kappa shape index (κ1) is 24.3. The van der Waals surface area contributed by atoms with Gasteiger partial charge >= 0.3 is 0 Å². The molecule has 0 spiro atoms. The molecule has 0 radical (unpaired) electrons. The lowest BCUT2D eigenvalue weighted by atomic mass is 9.99. The van der Waals surface area contributed by atoms with Crippen molar-refractivity contribution in [3.63, 3.8) is 0 Å². The van der Waals surface area contributed by atoms with Crippen molar-refractivity contribution in [1.82, 2.24) is 19.8 Å². The Morgan fingerprint density at radius 2 is 1.90 bits per heavy atom. The van der Waals surface area contributed by atoms with Crippen LogP contribution in [0.4, 0.5) is 0 Å². The number of methoxy groups -OCH3 is 2. The lowest BCUT2D eigenvalue weighted by Crippen LogP contribution is -2.44. The summed E-state index contributed by atoms with van der Waals surface area (Å²) < 4.78 is 13.1. The van der Waals surface area contributed by atoms with Gasteiger partial charge in [0.2, 0.25) is 0 Å². The summed E-state index contributed by atoms with van der Waals surface area (Å²) in [5.74, 6) is 4.05. The molecule has 166 valence electrons. The number of nitrogens with zero attached hydrogens (tertiary/aromatic N) is 4. The smallest absolute Gasteiger partial charge is 0.194 e. The number of hydrogen-bond donors (Lipinski definition) is 1. The first-order valence-electron chi connectivity index (χ1n) is 10.3. The zero-order valence-electron chi connectivity index (χ0n) is 18.6. The van der Waals surface area contributed by atoms with Gasteiger partial charge in [-0.3, -0.25) is 0 Å². The first-order valence-corrected chi connectivity index (χ1v) is 10.3. The zero-order chi connectivity index (χ0) is 20.8. The Bertz CT molecular complexity index is 850. The van der Waals surface area contributed by atoms with Crippen molar-refractivity contribution >= 4 is 29.9 Å². The van der Waals surface area contributed by atoms with Crippen molar-refractivity contribution in [3.8, 4) is 11.5 Å². The topological polar surface area (TPSA) is 63.9 Å². The molecule has 7 nitrogen and oxygen atoms in total. The molecule has 0 fully saturated rings. The molecular weight excluding hydrogens is 493 g/mol. The molecule has 0 unspecified atom stereocenters. The summed E-state index contributed by atoms with van der Waals surface area (Å²) in [4.78, 5) is 11.7. The van der Waals surface area contributed by atoms with Gasteiger partial charge in [0.05, 0.1) is 14.2 Å². The molecule has 2 aromatic rings. The molecule has 1 aromatic carbocycles. The number of fused-ring (bicyclic) bond motifs is 1. The van der Waals surface area contributed by atoms with Crippen molar-refractivity contribution in [2.45, 2.75) is 46.8 Å². The summed E-state index contributed by atoms with van der Waals surface area (Å²) in [5.41, 5.74) is 2.56. The quantitative estimate of drug-likeness (QED) is 0.338. The lowest BCUT2D eigenvalue weighted by molar-refractivity contribution is 0.346. The largest absolute Gasteiger partial charge is 0.493 e.